The minimum atomic E-state index is -1.33. The summed E-state index contributed by atoms with van der Waals surface area (Å²) in [5.41, 5.74) is 4.49. The number of nitrogens with two attached hydrogens (primary N) is 1. The summed E-state index contributed by atoms with van der Waals surface area (Å²) in [4.78, 5) is 47.9. The summed E-state index contributed by atoms with van der Waals surface area (Å²) in [6, 6.07) is 3.46. The van der Waals surface area contributed by atoms with Gasteiger partial charge in [-0.1, -0.05) is 0 Å². The molecule has 0 bridgehead atoms. The van der Waals surface area contributed by atoms with Crippen LogP contribution in [-0.2, 0) is 0 Å². The number of aromatic carboxylic acids is 1. The molecule has 0 unspecified atom stereocenters. The van der Waals surface area contributed by atoms with Gasteiger partial charge in [0.15, 0.2) is 11.5 Å². The lowest BCUT2D eigenvalue weighted by molar-refractivity contribution is 0.0695. The van der Waals surface area contributed by atoms with Crippen LogP contribution in [0.2, 0.25) is 0 Å². The number of ether oxygens (including phenoxy) is 2. The largest absolute Gasteiger partial charge is 0.486 e. The van der Waals surface area contributed by atoms with Crippen molar-refractivity contribution >= 4 is 23.6 Å². The summed E-state index contributed by atoms with van der Waals surface area (Å²) in [6.45, 7) is 0.513. The molecule has 1 aromatic heterocycles. The van der Waals surface area contributed by atoms with Crippen molar-refractivity contribution in [3.05, 3.63) is 45.2 Å². The Balaban J connectivity index is 2.04. The van der Waals surface area contributed by atoms with E-state index in [0.29, 0.717) is 0 Å². The second-order valence-electron chi connectivity index (χ2n) is 5.59. The number of pyridine rings is 1. The van der Waals surface area contributed by atoms with Crippen LogP contribution in [0, 0.1) is 0 Å². The molecule has 0 radical (unpaired) electrons. The van der Waals surface area contributed by atoms with E-state index < -0.39 is 23.3 Å². The Bertz CT molecular complexity index is 1070. The fourth-order valence-electron chi connectivity index (χ4n) is 2.96. The average Bonchev–Trinajstić information content (AvgIpc) is 2.88. The zero-order valence-electron chi connectivity index (χ0n) is 13.1. The highest BCUT2D eigenvalue weighted by Gasteiger charge is 2.33. The third kappa shape index (κ3) is 2.12. The van der Waals surface area contributed by atoms with Crippen molar-refractivity contribution in [3.63, 3.8) is 0 Å². The van der Waals surface area contributed by atoms with E-state index in [9.17, 15) is 24.3 Å². The Morgan fingerprint density at radius 2 is 1.73 bits per heavy atom. The lowest BCUT2D eigenvalue weighted by atomic mass is 10.1. The van der Waals surface area contributed by atoms with Crippen molar-refractivity contribution in [2.45, 2.75) is 0 Å². The molecule has 2 amide bonds. The fraction of sp³-hybridized carbons (Fsp3) is 0.125. The minimum absolute atomic E-state index is 0.0980. The molecule has 2 aliphatic rings. The molecule has 132 valence electrons. The van der Waals surface area contributed by atoms with Gasteiger partial charge in [-0.05, 0) is 0 Å². The van der Waals surface area contributed by atoms with Crippen LogP contribution in [0.25, 0.3) is 5.69 Å². The van der Waals surface area contributed by atoms with Gasteiger partial charge in [-0.2, -0.15) is 0 Å². The van der Waals surface area contributed by atoms with Crippen molar-refractivity contribution in [1.29, 1.82) is 0 Å². The molecule has 3 heterocycles. The van der Waals surface area contributed by atoms with E-state index in [2.05, 4.69) is 0 Å². The molecule has 10 heteroatoms. The topological polar surface area (TPSA) is 150 Å². The number of anilines is 1. The van der Waals surface area contributed by atoms with Crippen LogP contribution < -0.4 is 26.1 Å². The van der Waals surface area contributed by atoms with Crippen molar-refractivity contribution in [2.75, 3.05) is 18.9 Å². The summed E-state index contributed by atoms with van der Waals surface area (Å²) in [5.74, 6) is -2.70. The molecule has 4 N–H and O–H groups in total. The molecular weight excluding hydrogens is 346 g/mol. The summed E-state index contributed by atoms with van der Waals surface area (Å²) >= 11 is 0. The predicted molar refractivity (Wildman–Crippen MR) is 86.2 cm³/mol. The Morgan fingerprint density at radius 3 is 2.38 bits per heavy atom. The zero-order chi connectivity index (χ0) is 18.6. The second kappa shape index (κ2) is 5.34. The number of carboxylic acids is 1. The van der Waals surface area contributed by atoms with Crippen molar-refractivity contribution in [2.24, 2.45) is 0 Å². The normalized spacial score (nSPS) is 14.8. The van der Waals surface area contributed by atoms with Gasteiger partial charge in [0.1, 0.15) is 19.0 Å². The molecule has 0 fully saturated rings. The van der Waals surface area contributed by atoms with Gasteiger partial charge >= 0.3 is 5.97 Å². The number of hydrogen-bond acceptors (Lipinski definition) is 7. The number of carbonyl (C=O) groups is 3. The molecule has 10 nitrogen and oxygen atoms in total. The number of hydrogen-bond donors (Lipinski definition) is 3. The van der Waals surface area contributed by atoms with Crippen molar-refractivity contribution in [3.8, 4) is 17.2 Å². The Kier molecular flexibility index (Phi) is 3.22. The number of aromatic nitrogens is 1. The van der Waals surface area contributed by atoms with Crippen LogP contribution in [0.4, 0.5) is 5.82 Å². The number of imide groups is 1. The highest BCUT2D eigenvalue weighted by Crippen LogP contribution is 2.35. The number of fused-ring (bicyclic) bond motifs is 2. The monoisotopic (exact) mass is 357 g/mol. The quantitative estimate of drug-likeness (QED) is 0.624. The number of nitrogens with one attached hydrogen (secondary N) is 1. The highest BCUT2D eigenvalue weighted by atomic mass is 16.6. The maximum absolute atomic E-state index is 12.5. The number of nitrogens with zero attached hydrogens (tertiary/aromatic N) is 1. The van der Waals surface area contributed by atoms with E-state index >= 15 is 0 Å². The van der Waals surface area contributed by atoms with Gasteiger partial charge in [-0.25, -0.2) is 4.79 Å². The molecule has 4 rings (SSSR count). The first-order valence-corrected chi connectivity index (χ1v) is 7.47. The molecule has 26 heavy (non-hydrogen) atoms. The number of carbonyl (C=O) groups excluding carboxylic acids is 2. The van der Waals surface area contributed by atoms with E-state index in [0.717, 1.165) is 10.6 Å². The lowest BCUT2D eigenvalue weighted by Gasteiger charge is -2.21. The Morgan fingerprint density at radius 1 is 1.08 bits per heavy atom. The minimum Gasteiger partial charge on any atom is -0.486 e. The second-order valence-corrected chi connectivity index (χ2v) is 5.59. The van der Waals surface area contributed by atoms with Gasteiger partial charge in [0.25, 0.3) is 17.4 Å². The van der Waals surface area contributed by atoms with Gasteiger partial charge in [0.2, 0.25) is 0 Å². The fourth-order valence-corrected chi connectivity index (χ4v) is 2.96. The number of amides is 2. The number of benzene rings is 1. The van der Waals surface area contributed by atoms with Crippen LogP contribution >= 0.6 is 0 Å². The van der Waals surface area contributed by atoms with E-state index in [1.807, 2.05) is 5.32 Å². The van der Waals surface area contributed by atoms with Crippen LogP contribution in [0.3, 0.4) is 0 Å². The average molecular weight is 357 g/mol. The van der Waals surface area contributed by atoms with Crippen molar-refractivity contribution in [1.82, 2.24) is 9.88 Å². The van der Waals surface area contributed by atoms with Gasteiger partial charge in [-0.3, -0.25) is 24.3 Å². The van der Waals surface area contributed by atoms with E-state index in [1.165, 1.54) is 12.1 Å². The first kappa shape index (κ1) is 15.7. The van der Waals surface area contributed by atoms with Gasteiger partial charge in [-0.15, -0.1) is 0 Å². The number of nitrogen functional groups attached to an aromatic ring is 1. The van der Waals surface area contributed by atoms with Crippen molar-refractivity contribution < 1.29 is 29.0 Å². The highest BCUT2D eigenvalue weighted by molar-refractivity contribution is 6.23. The summed E-state index contributed by atoms with van der Waals surface area (Å²) in [7, 11) is 0. The SMILES string of the molecule is Nc1c2c(cc(=O)n1-c1cc3c(cc1C(=O)O)OCCO3)C(=O)NC2=O. The third-order valence-electron chi connectivity index (χ3n) is 4.09. The summed E-state index contributed by atoms with van der Waals surface area (Å²) in [5, 5.41) is 11.6. The molecule has 2 aromatic rings. The molecule has 0 aliphatic carbocycles. The molecule has 1 aromatic carbocycles. The molecule has 0 saturated heterocycles. The standard InChI is InChI=1S/C16H11N3O7/c17-13-12-7(14(21)18-15(12)22)4-11(20)19(13)8-5-10-9(25-1-2-26-10)3-6(8)16(23)24/h3-5H,1-2,17H2,(H,23,24)(H,18,21,22). The third-order valence-corrected chi connectivity index (χ3v) is 4.09. The number of rotatable bonds is 2. The van der Waals surface area contributed by atoms with Gasteiger partial charge in [0, 0.05) is 18.2 Å². The predicted octanol–water partition coefficient (Wildman–Crippen LogP) is -0.227. The maximum atomic E-state index is 12.5. The molecule has 0 atom stereocenters. The van der Waals surface area contributed by atoms with E-state index in [-0.39, 0.29) is 52.9 Å². The molecular formula is C16H11N3O7. The summed E-state index contributed by atoms with van der Waals surface area (Å²) in [6.07, 6.45) is 0. The molecule has 2 aliphatic heterocycles. The van der Waals surface area contributed by atoms with E-state index in [4.69, 9.17) is 15.2 Å². The van der Waals surface area contributed by atoms with Crippen LogP contribution in [0.5, 0.6) is 11.5 Å². The maximum Gasteiger partial charge on any atom is 0.337 e. The first-order valence-electron chi connectivity index (χ1n) is 7.47. The van der Waals surface area contributed by atoms with Crippen LogP contribution in [0.1, 0.15) is 31.1 Å². The lowest BCUT2D eigenvalue weighted by Crippen LogP contribution is -2.26. The molecule has 0 spiro atoms. The first-order chi connectivity index (χ1) is 12.4. The van der Waals surface area contributed by atoms with Crippen LogP contribution in [0.15, 0.2) is 23.0 Å². The Hall–Kier alpha value is -3.82. The van der Waals surface area contributed by atoms with Crippen LogP contribution in [-0.4, -0.2) is 40.7 Å². The zero-order valence-corrected chi connectivity index (χ0v) is 13.1. The molecule has 0 saturated carbocycles. The van der Waals surface area contributed by atoms with Gasteiger partial charge < -0.3 is 20.3 Å². The van der Waals surface area contributed by atoms with E-state index in [1.54, 1.807) is 0 Å². The van der Waals surface area contributed by atoms with Gasteiger partial charge in [0.05, 0.1) is 22.4 Å². The smallest absolute Gasteiger partial charge is 0.337 e. The number of carboxylic acid groups (broad SMARTS) is 1. The Labute approximate surface area is 144 Å². The summed E-state index contributed by atoms with van der Waals surface area (Å²) < 4.78 is 11.6.